The van der Waals surface area contributed by atoms with Gasteiger partial charge in [0.05, 0.1) is 12.5 Å². The minimum Gasteiger partial charge on any atom is -0.480 e. The van der Waals surface area contributed by atoms with Crippen molar-refractivity contribution in [2.45, 2.75) is 90.4 Å². The number of primary amides is 1. The molecule has 0 spiro atoms. The van der Waals surface area contributed by atoms with E-state index in [0.29, 0.717) is 32.2 Å². The zero-order valence-electron chi connectivity index (χ0n) is 20.6. The Morgan fingerprint density at radius 2 is 1.26 bits per heavy atom. The van der Waals surface area contributed by atoms with Gasteiger partial charge in [-0.05, 0) is 50.5 Å². The molecule has 0 radical (unpaired) electrons. The number of amides is 4. The van der Waals surface area contributed by atoms with Crippen LogP contribution in [-0.2, 0) is 24.0 Å². The Bertz CT molecular complexity index is 699. The molecule has 0 fully saturated rings. The van der Waals surface area contributed by atoms with Gasteiger partial charge in [-0.25, -0.2) is 4.79 Å². The van der Waals surface area contributed by atoms with Gasteiger partial charge in [0.2, 0.25) is 23.6 Å². The lowest BCUT2D eigenvalue weighted by atomic mass is 10.0. The van der Waals surface area contributed by atoms with Crippen LogP contribution in [0, 0.1) is 11.8 Å². The van der Waals surface area contributed by atoms with Gasteiger partial charge < -0.3 is 38.3 Å². The molecule has 0 aliphatic rings. The van der Waals surface area contributed by atoms with Gasteiger partial charge in [0.1, 0.15) is 18.1 Å². The first-order chi connectivity index (χ1) is 15.8. The van der Waals surface area contributed by atoms with Gasteiger partial charge in [0.15, 0.2) is 0 Å². The molecule has 4 amide bonds. The molecule has 0 rings (SSSR count). The van der Waals surface area contributed by atoms with E-state index < -0.39 is 60.2 Å². The van der Waals surface area contributed by atoms with Crippen molar-refractivity contribution in [1.29, 1.82) is 0 Å². The maximum Gasteiger partial charge on any atom is 0.326 e. The van der Waals surface area contributed by atoms with Crippen LogP contribution in [0.1, 0.15) is 66.2 Å². The van der Waals surface area contributed by atoms with E-state index in [1.165, 1.54) is 0 Å². The maximum atomic E-state index is 13.0. The van der Waals surface area contributed by atoms with E-state index in [2.05, 4.69) is 16.0 Å². The molecule has 0 heterocycles. The molecule has 0 saturated carbocycles. The van der Waals surface area contributed by atoms with Crippen molar-refractivity contribution in [1.82, 2.24) is 16.0 Å². The fourth-order valence-electron chi connectivity index (χ4n) is 3.30. The first-order valence-corrected chi connectivity index (χ1v) is 11.7. The molecule has 10 N–H and O–H groups in total. The van der Waals surface area contributed by atoms with E-state index in [0.717, 1.165) is 0 Å². The van der Waals surface area contributed by atoms with Crippen molar-refractivity contribution >= 4 is 29.6 Å². The molecule has 4 atom stereocenters. The third kappa shape index (κ3) is 13.1. The van der Waals surface area contributed by atoms with Crippen LogP contribution in [0.25, 0.3) is 0 Å². The standard InChI is InChI=1S/C22H42N6O6/c1-12(2)9-14(24)19(30)26-15(7-5-6-8-23)20(31)27-16(10-13(3)4)21(32)28-17(22(33)34)11-18(25)29/h12-17H,5-11,23-24H2,1-4H3,(H2,25,29)(H,26,30)(H,27,31)(H,28,32)(H,33,34). The topological polar surface area (TPSA) is 220 Å². The molecule has 12 heteroatoms. The molecular formula is C22H42N6O6. The molecule has 0 saturated heterocycles. The van der Waals surface area contributed by atoms with Gasteiger partial charge in [-0.3, -0.25) is 19.2 Å². The first-order valence-electron chi connectivity index (χ1n) is 11.7. The Labute approximate surface area is 201 Å². The highest BCUT2D eigenvalue weighted by Gasteiger charge is 2.31. The normalized spacial score (nSPS) is 14.7. The summed E-state index contributed by atoms with van der Waals surface area (Å²) >= 11 is 0. The van der Waals surface area contributed by atoms with E-state index in [1.807, 2.05) is 27.7 Å². The summed E-state index contributed by atoms with van der Waals surface area (Å²) in [6, 6.07) is -4.34. The highest BCUT2D eigenvalue weighted by atomic mass is 16.4. The fraction of sp³-hybridized carbons (Fsp3) is 0.773. The largest absolute Gasteiger partial charge is 0.480 e. The van der Waals surface area contributed by atoms with Crippen LogP contribution in [-0.4, -0.2) is 65.4 Å². The summed E-state index contributed by atoms with van der Waals surface area (Å²) in [5.41, 5.74) is 16.5. The van der Waals surface area contributed by atoms with Crippen LogP contribution in [0.2, 0.25) is 0 Å². The fourth-order valence-corrected chi connectivity index (χ4v) is 3.30. The van der Waals surface area contributed by atoms with Crippen LogP contribution >= 0.6 is 0 Å². The second-order valence-corrected chi connectivity index (χ2v) is 9.34. The summed E-state index contributed by atoms with van der Waals surface area (Å²) in [5.74, 6) is -3.99. The monoisotopic (exact) mass is 486 g/mol. The van der Waals surface area contributed by atoms with Gasteiger partial charge in [-0.1, -0.05) is 27.7 Å². The van der Waals surface area contributed by atoms with Crippen LogP contribution in [0.5, 0.6) is 0 Å². The average Bonchev–Trinajstić information content (AvgIpc) is 2.70. The van der Waals surface area contributed by atoms with E-state index >= 15 is 0 Å². The summed E-state index contributed by atoms with van der Waals surface area (Å²) in [7, 11) is 0. The van der Waals surface area contributed by atoms with Gasteiger partial charge in [0, 0.05) is 0 Å². The third-order valence-corrected chi connectivity index (χ3v) is 5.00. The molecule has 4 unspecified atom stereocenters. The second-order valence-electron chi connectivity index (χ2n) is 9.34. The van der Waals surface area contributed by atoms with Crippen molar-refractivity contribution in [3.8, 4) is 0 Å². The zero-order valence-corrected chi connectivity index (χ0v) is 20.6. The molecule has 0 aromatic heterocycles. The summed E-state index contributed by atoms with van der Waals surface area (Å²) in [4.78, 5) is 60.9. The summed E-state index contributed by atoms with van der Waals surface area (Å²) < 4.78 is 0. The maximum absolute atomic E-state index is 13.0. The Balaban J connectivity index is 5.52. The zero-order chi connectivity index (χ0) is 26.4. The number of aliphatic carboxylic acids is 1. The van der Waals surface area contributed by atoms with Crippen molar-refractivity contribution in [3.63, 3.8) is 0 Å². The summed E-state index contributed by atoms with van der Waals surface area (Å²) in [5, 5.41) is 16.8. The number of carboxylic acid groups (broad SMARTS) is 1. The number of carbonyl (C=O) groups is 5. The summed E-state index contributed by atoms with van der Waals surface area (Å²) in [6.45, 7) is 7.93. The minimum atomic E-state index is -1.52. The van der Waals surface area contributed by atoms with Crippen LogP contribution in [0.15, 0.2) is 0 Å². The Morgan fingerprint density at radius 1 is 0.765 bits per heavy atom. The van der Waals surface area contributed by atoms with Crippen LogP contribution in [0.4, 0.5) is 0 Å². The number of nitrogens with two attached hydrogens (primary N) is 3. The molecular weight excluding hydrogens is 444 g/mol. The molecule has 0 aromatic rings. The van der Waals surface area contributed by atoms with Gasteiger partial charge in [0.25, 0.3) is 0 Å². The molecule has 0 aromatic carbocycles. The lowest BCUT2D eigenvalue weighted by Crippen LogP contribution is -2.57. The number of rotatable bonds is 17. The SMILES string of the molecule is CC(C)CC(N)C(=O)NC(CCCCN)C(=O)NC(CC(C)C)C(=O)NC(CC(N)=O)C(=O)O. The predicted molar refractivity (Wildman–Crippen MR) is 127 cm³/mol. The number of hydrogen-bond acceptors (Lipinski definition) is 7. The smallest absolute Gasteiger partial charge is 0.326 e. The first kappa shape index (κ1) is 31.3. The minimum absolute atomic E-state index is 0.0276. The van der Waals surface area contributed by atoms with E-state index in [-0.39, 0.29) is 18.3 Å². The van der Waals surface area contributed by atoms with Crippen molar-refractivity contribution in [2.24, 2.45) is 29.0 Å². The average molecular weight is 487 g/mol. The number of carbonyl (C=O) groups excluding carboxylic acids is 4. The Kier molecular flexibility index (Phi) is 14.7. The van der Waals surface area contributed by atoms with E-state index in [9.17, 15) is 29.1 Å². The molecule has 0 bridgehead atoms. The van der Waals surface area contributed by atoms with Crippen molar-refractivity contribution in [2.75, 3.05) is 6.54 Å². The second kappa shape index (κ2) is 16.0. The lowest BCUT2D eigenvalue weighted by molar-refractivity contribution is -0.144. The van der Waals surface area contributed by atoms with Crippen molar-refractivity contribution < 1.29 is 29.1 Å². The molecule has 196 valence electrons. The van der Waals surface area contributed by atoms with Crippen LogP contribution < -0.4 is 33.2 Å². The Hall–Kier alpha value is -2.73. The molecule has 0 aliphatic carbocycles. The van der Waals surface area contributed by atoms with Gasteiger partial charge in [-0.2, -0.15) is 0 Å². The summed E-state index contributed by atoms with van der Waals surface area (Å²) in [6.07, 6.45) is 1.55. The van der Waals surface area contributed by atoms with E-state index in [1.54, 1.807) is 0 Å². The molecule has 12 nitrogen and oxygen atoms in total. The van der Waals surface area contributed by atoms with Crippen molar-refractivity contribution in [3.05, 3.63) is 0 Å². The highest BCUT2D eigenvalue weighted by Crippen LogP contribution is 2.09. The number of hydrogen-bond donors (Lipinski definition) is 7. The Morgan fingerprint density at radius 3 is 1.74 bits per heavy atom. The van der Waals surface area contributed by atoms with E-state index in [4.69, 9.17) is 17.2 Å². The third-order valence-electron chi connectivity index (χ3n) is 5.00. The number of carboxylic acids is 1. The lowest BCUT2D eigenvalue weighted by Gasteiger charge is -2.26. The molecule has 34 heavy (non-hydrogen) atoms. The van der Waals surface area contributed by atoms with Gasteiger partial charge in [-0.15, -0.1) is 0 Å². The quantitative estimate of drug-likeness (QED) is 0.125. The molecule has 0 aliphatic heterocycles. The van der Waals surface area contributed by atoms with Gasteiger partial charge >= 0.3 is 5.97 Å². The number of nitrogens with one attached hydrogen (secondary N) is 3. The highest BCUT2D eigenvalue weighted by molar-refractivity contribution is 5.94. The van der Waals surface area contributed by atoms with Crippen LogP contribution in [0.3, 0.4) is 0 Å². The predicted octanol–water partition coefficient (Wildman–Crippen LogP) is -1.05. The number of unbranched alkanes of at least 4 members (excludes halogenated alkanes) is 1.